The van der Waals surface area contributed by atoms with E-state index in [1.54, 1.807) is 23.0 Å². The number of benzene rings is 2. The van der Waals surface area contributed by atoms with Gasteiger partial charge in [-0.1, -0.05) is 12.1 Å². The standard InChI is InChI=1S/C21H23N3O4/c1-26-18-13-16(14-19(27-2)20(18)28-3)21(25)22-11-9-15-5-7-17(8-6-15)24-12-4-10-23-24/h4-8,10,12-14H,9,11H2,1-3H3,(H,22,25). The van der Waals surface area contributed by atoms with Crippen LogP contribution in [0.4, 0.5) is 0 Å². The van der Waals surface area contributed by atoms with E-state index in [0.717, 1.165) is 17.7 Å². The van der Waals surface area contributed by atoms with Crippen LogP contribution in [0.5, 0.6) is 17.2 Å². The summed E-state index contributed by atoms with van der Waals surface area (Å²) in [5.41, 5.74) is 2.57. The Hall–Kier alpha value is -3.48. The first kappa shape index (κ1) is 19.3. The Morgan fingerprint density at radius 2 is 1.71 bits per heavy atom. The summed E-state index contributed by atoms with van der Waals surface area (Å²) in [7, 11) is 4.57. The van der Waals surface area contributed by atoms with Gasteiger partial charge in [-0.05, 0) is 42.3 Å². The number of carbonyl (C=O) groups is 1. The van der Waals surface area contributed by atoms with E-state index < -0.39 is 0 Å². The van der Waals surface area contributed by atoms with E-state index in [2.05, 4.69) is 10.4 Å². The Morgan fingerprint density at radius 1 is 1.04 bits per heavy atom. The Bertz CT molecular complexity index is 896. The molecule has 0 aliphatic rings. The number of carbonyl (C=O) groups excluding carboxylic acids is 1. The highest BCUT2D eigenvalue weighted by molar-refractivity contribution is 5.95. The average Bonchev–Trinajstić information content (AvgIpc) is 3.27. The Balaban J connectivity index is 1.61. The third-order valence-corrected chi connectivity index (χ3v) is 4.33. The number of nitrogens with zero attached hydrogens (tertiary/aromatic N) is 2. The number of ether oxygens (including phenoxy) is 3. The minimum absolute atomic E-state index is 0.201. The number of amides is 1. The minimum atomic E-state index is -0.201. The molecule has 0 radical (unpaired) electrons. The molecule has 0 aliphatic heterocycles. The smallest absolute Gasteiger partial charge is 0.251 e. The molecule has 1 aromatic heterocycles. The predicted octanol–water partition coefficient (Wildman–Crippen LogP) is 2.87. The zero-order valence-corrected chi connectivity index (χ0v) is 16.1. The second-order valence-corrected chi connectivity index (χ2v) is 6.04. The number of aromatic nitrogens is 2. The summed E-state index contributed by atoms with van der Waals surface area (Å²) in [6.07, 6.45) is 4.36. The highest BCUT2D eigenvalue weighted by Crippen LogP contribution is 2.38. The summed E-state index contributed by atoms with van der Waals surface area (Å²) in [4.78, 5) is 12.5. The van der Waals surface area contributed by atoms with Gasteiger partial charge in [0, 0.05) is 24.5 Å². The highest BCUT2D eigenvalue weighted by atomic mass is 16.5. The van der Waals surface area contributed by atoms with E-state index in [9.17, 15) is 4.79 Å². The van der Waals surface area contributed by atoms with E-state index in [-0.39, 0.29) is 5.91 Å². The normalized spacial score (nSPS) is 10.4. The monoisotopic (exact) mass is 381 g/mol. The van der Waals surface area contributed by atoms with Crippen molar-refractivity contribution >= 4 is 5.91 Å². The molecule has 1 heterocycles. The quantitative estimate of drug-likeness (QED) is 0.649. The lowest BCUT2D eigenvalue weighted by molar-refractivity contribution is 0.0953. The van der Waals surface area contributed by atoms with Crippen LogP contribution in [0, 0.1) is 0 Å². The maximum Gasteiger partial charge on any atom is 0.251 e. The molecule has 0 atom stereocenters. The number of nitrogens with one attached hydrogen (secondary N) is 1. The second-order valence-electron chi connectivity index (χ2n) is 6.04. The molecule has 0 bridgehead atoms. The lowest BCUT2D eigenvalue weighted by Gasteiger charge is -2.14. The van der Waals surface area contributed by atoms with Crippen molar-refractivity contribution in [1.82, 2.24) is 15.1 Å². The molecule has 7 heteroatoms. The van der Waals surface area contributed by atoms with Gasteiger partial charge in [0.15, 0.2) is 11.5 Å². The van der Waals surface area contributed by atoms with E-state index in [0.29, 0.717) is 29.4 Å². The first-order valence-corrected chi connectivity index (χ1v) is 8.83. The molecule has 146 valence electrons. The van der Waals surface area contributed by atoms with Gasteiger partial charge in [0.2, 0.25) is 5.75 Å². The van der Waals surface area contributed by atoms with Crippen molar-refractivity contribution in [3.8, 4) is 22.9 Å². The molecule has 7 nitrogen and oxygen atoms in total. The summed E-state index contributed by atoms with van der Waals surface area (Å²) < 4.78 is 17.7. The van der Waals surface area contributed by atoms with Crippen molar-refractivity contribution in [2.45, 2.75) is 6.42 Å². The molecule has 3 aromatic rings. The topological polar surface area (TPSA) is 74.6 Å². The fraction of sp³-hybridized carbons (Fsp3) is 0.238. The summed E-state index contributed by atoms with van der Waals surface area (Å²) in [6, 6.07) is 13.2. The average molecular weight is 381 g/mol. The van der Waals surface area contributed by atoms with Gasteiger partial charge in [-0.25, -0.2) is 4.68 Å². The molecular weight excluding hydrogens is 358 g/mol. The van der Waals surface area contributed by atoms with Gasteiger partial charge in [0.1, 0.15) is 0 Å². The van der Waals surface area contributed by atoms with Gasteiger partial charge < -0.3 is 19.5 Å². The van der Waals surface area contributed by atoms with Gasteiger partial charge in [-0.2, -0.15) is 5.10 Å². The molecule has 1 N–H and O–H groups in total. The molecule has 2 aromatic carbocycles. The molecule has 1 amide bonds. The molecule has 0 saturated carbocycles. The Morgan fingerprint density at radius 3 is 2.25 bits per heavy atom. The summed E-state index contributed by atoms with van der Waals surface area (Å²) in [5, 5.41) is 7.13. The summed E-state index contributed by atoms with van der Waals surface area (Å²) >= 11 is 0. The lowest BCUT2D eigenvalue weighted by Crippen LogP contribution is -2.25. The van der Waals surface area contributed by atoms with Gasteiger partial charge in [-0.15, -0.1) is 0 Å². The van der Waals surface area contributed by atoms with Crippen LogP contribution in [0.15, 0.2) is 54.9 Å². The zero-order valence-electron chi connectivity index (χ0n) is 16.1. The molecule has 0 unspecified atom stereocenters. The maximum absolute atomic E-state index is 12.5. The van der Waals surface area contributed by atoms with Crippen LogP contribution in [0.3, 0.4) is 0 Å². The van der Waals surface area contributed by atoms with E-state index >= 15 is 0 Å². The largest absolute Gasteiger partial charge is 0.493 e. The fourth-order valence-corrected chi connectivity index (χ4v) is 2.87. The SMILES string of the molecule is COc1cc(C(=O)NCCc2ccc(-n3cccn3)cc2)cc(OC)c1OC. The molecule has 0 saturated heterocycles. The maximum atomic E-state index is 12.5. The molecule has 28 heavy (non-hydrogen) atoms. The van der Waals surface area contributed by atoms with Crippen molar-refractivity contribution < 1.29 is 19.0 Å². The van der Waals surface area contributed by atoms with E-state index in [1.807, 2.05) is 36.5 Å². The second kappa shape index (κ2) is 8.94. The zero-order chi connectivity index (χ0) is 19.9. The van der Waals surface area contributed by atoms with Crippen molar-refractivity contribution in [1.29, 1.82) is 0 Å². The predicted molar refractivity (Wildman–Crippen MR) is 106 cm³/mol. The molecule has 0 aliphatic carbocycles. The van der Waals surface area contributed by atoms with Crippen LogP contribution >= 0.6 is 0 Å². The van der Waals surface area contributed by atoms with Crippen molar-refractivity contribution in [3.05, 3.63) is 66.0 Å². The van der Waals surface area contributed by atoms with E-state index in [4.69, 9.17) is 14.2 Å². The molecule has 0 spiro atoms. The lowest BCUT2D eigenvalue weighted by atomic mass is 10.1. The number of methoxy groups -OCH3 is 3. The first-order valence-electron chi connectivity index (χ1n) is 8.83. The van der Waals surface area contributed by atoms with Crippen molar-refractivity contribution in [2.75, 3.05) is 27.9 Å². The third kappa shape index (κ3) is 4.25. The van der Waals surface area contributed by atoms with Crippen LogP contribution in [0.2, 0.25) is 0 Å². The Kier molecular flexibility index (Phi) is 6.16. The van der Waals surface area contributed by atoms with Crippen molar-refractivity contribution in [2.24, 2.45) is 0 Å². The fourth-order valence-electron chi connectivity index (χ4n) is 2.87. The van der Waals surface area contributed by atoms with Crippen LogP contribution in [0.25, 0.3) is 5.69 Å². The molecule has 0 fully saturated rings. The third-order valence-electron chi connectivity index (χ3n) is 4.33. The first-order chi connectivity index (χ1) is 13.7. The molecular formula is C21H23N3O4. The van der Waals surface area contributed by atoms with Gasteiger partial charge in [0.05, 0.1) is 27.0 Å². The summed E-state index contributed by atoms with van der Waals surface area (Å²) in [6.45, 7) is 0.511. The Labute approximate surface area is 163 Å². The number of rotatable bonds is 8. The minimum Gasteiger partial charge on any atom is -0.493 e. The number of hydrogen-bond acceptors (Lipinski definition) is 5. The number of hydrogen-bond donors (Lipinski definition) is 1. The van der Waals surface area contributed by atoms with Gasteiger partial charge >= 0.3 is 0 Å². The van der Waals surface area contributed by atoms with Crippen LogP contribution in [0.1, 0.15) is 15.9 Å². The van der Waals surface area contributed by atoms with Gasteiger partial charge in [0.25, 0.3) is 5.91 Å². The van der Waals surface area contributed by atoms with Crippen LogP contribution in [-0.2, 0) is 6.42 Å². The van der Waals surface area contributed by atoms with Crippen LogP contribution in [-0.4, -0.2) is 43.6 Å². The molecule has 3 rings (SSSR count). The van der Waals surface area contributed by atoms with Crippen LogP contribution < -0.4 is 19.5 Å². The highest BCUT2D eigenvalue weighted by Gasteiger charge is 2.16. The summed E-state index contributed by atoms with van der Waals surface area (Å²) in [5.74, 6) is 1.15. The van der Waals surface area contributed by atoms with Gasteiger partial charge in [-0.3, -0.25) is 4.79 Å². The van der Waals surface area contributed by atoms with E-state index in [1.165, 1.54) is 21.3 Å². The van der Waals surface area contributed by atoms with Crippen molar-refractivity contribution in [3.63, 3.8) is 0 Å².